The fourth-order valence-electron chi connectivity index (χ4n) is 3.90. The highest BCUT2D eigenvalue weighted by Gasteiger charge is 2.24. The maximum absolute atomic E-state index is 9.20. The van der Waals surface area contributed by atoms with Gasteiger partial charge in [-0.25, -0.2) is 4.85 Å². The summed E-state index contributed by atoms with van der Waals surface area (Å²) >= 11 is 0. The summed E-state index contributed by atoms with van der Waals surface area (Å²) in [6.45, 7) is 13.6. The summed E-state index contributed by atoms with van der Waals surface area (Å²) in [6.07, 6.45) is -2.05. The smallest absolute Gasteiger partial charge is 0.216 e. The number of pyridine rings is 1. The Hall–Kier alpha value is -3.12. The van der Waals surface area contributed by atoms with Crippen LogP contribution in [0.25, 0.3) is 38.0 Å². The Morgan fingerprint density at radius 3 is 2.63 bits per heavy atom. The molecule has 0 radical (unpaired) electrons. The normalized spacial score (nSPS) is 15.4. The second-order valence-electron chi connectivity index (χ2n) is 8.15. The van der Waals surface area contributed by atoms with Crippen LogP contribution in [-0.2, 0) is 13.4 Å². The van der Waals surface area contributed by atoms with Crippen molar-refractivity contribution in [2.45, 2.75) is 47.8 Å². The summed E-state index contributed by atoms with van der Waals surface area (Å²) in [4.78, 5) is 3.58. The number of hydrogen-bond acceptors (Lipinski definition) is 1. The van der Waals surface area contributed by atoms with Crippen molar-refractivity contribution < 1.29 is 17.2 Å². The van der Waals surface area contributed by atoms with Crippen LogP contribution in [0.3, 0.4) is 0 Å². The van der Waals surface area contributed by atoms with Crippen molar-refractivity contribution >= 4 is 27.6 Å². The van der Waals surface area contributed by atoms with Gasteiger partial charge in [0.2, 0.25) is 5.69 Å². The van der Waals surface area contributed by atoms with E-state index in [0.29, 0.717) is 33.8 Å². The summed E-state index contributed by atoms with van der Waals surface area (Å²) in [5, 5.41) is 1.66. The molecule has 0 unspecified atom stereocenters. The number of hydrogen-bond donors (Lipinski definition) is 0. The minimum Gasteiger partial charge on any atom is -0.456 e. The van der Waals surface area contributed by atoms with Gasteiger partial charge in [0.1, 0.15) is 18.2 Å². The van der Waals surface area contributed by atoms with Gasteiger partial charge in [0.05, 0.1) is 13.5 Å². The first kappa shape index (κ1) is 14.0. The molecule has 3 nitrogen and oxygen atoms in total. The Bertz CT molecular complexity index is 1590. The molecule has 4 aromatic rings. The minimum atomic E-state index is -2.60. The van der Waals surface area contributed by atoms with Crippen LogP contribution in [0.1, 0.15) is 50.0 Å². The van der Waals surface area contributed by atoms with Crippen LogP contribution in [0.5, 0.6) is 0 Å². The fraction of sp³-hybridized carbons (Fsp3) is 0.333. The molecule has 2 aromatic carbocycles. The lowest BCUT2D eigenvalue weighted by atomic mass is 9.93. The van der Waals surface area contributed by atoms with Crippen molar-refractivity contribution in [3.63, 3.8) is 0 Å². The molecule has 0 saturated carbocycles. The zero-order valence-electron chi connectivity index (χ0n) is 24.2. The predicted molar refractivity (Wildman–Crippen MR) is 124 cm³/mol. The number of aryl methyl sites for hydroxylation is 2. The summed E-state index contributed by atoms with van der Waals surface area (Å²) in [6, 6.07) is 7.33. The minimum absolute atomic E-state index is 0.109. The third-order valence-corrected chi connectivity index (χ3v) is 5.65. The van der Waals surface area contributed by atoms with Crippen LogP contribution in [0.2, 0.25) is 0 Å². The molecule has 3 heteroatoms. The number of furan rings is 1. The van der Waals surface area contributed by atoms with Crippen molar-refractivity contribution in [3.8, 4) is 11.3 Å². The van der Waals surface area contributed by atoms with Crippen LogP contribution < -0.4 is 4.57 Å². The second-order valence-corrected chi connectivity index (χ2v) is 8.15. The number of fused-ring (bicyclic) bond motifs is 3. The highest BCUT2D eigenvalue weighted by Crippen LogP contribution is 2.39. The van der Waals surface area contributed by atoms with Gasteiger partial charge in [0.25, 0.3) is 0 Å². The number of nitrogens with zero attached hydrogens (tertiary/aromatic N) is 2. The van der Waals surface area contributed by atoms with Crippen molar-refractivity contribution in [2.24, 2.45) is 13.0 Å². The van der Waals surface area contributed by atoms with E-state index in [1.165, 1.54) is 0 Å². The number of benzene rings is 2. The summed E-state index contributed by atoms with van der Waals surface area (Å²) < 4.78 is 59.3. The van der Waals surface area contributed by atoms with E-state index in [2.05, 4.69) is 4.85 Å². The van der Waals surface area contributed by atoms with E-state index in [-0.39, 0.29) is 17.2 Å². The Balaban J connectivity index is 2.22. The first-order chi connectivity index (χ1) is 16.6. The molecule has 0 aliphatic heterocycles. The Morgan fingerprint density at radius 1 is 1.20 bits per heavy atom. The van der Waals surface area contributed by atoms with E-state index in [1.807, 2.05) is 32.0 Å². The van der Waals surface area contributed by atoms with Gasteiger partial charge in [-0.3, -0.25) is 0 Å². The lowest BCUT2D eigenvalue weighted by Gasteiger charge is -2.14. The van der Waals surface area contributed by atoms with Gasteiger partial charge < -0.3 is 4.42 Å². The monoisotopic (exact) mass is 403 g/mol. The average Bonchev–Trinajstić information content (AvgIpc) is 3.12. The molecule has 152 valence electrons. The largest absolute Gasteiger partial charge is 0.456 e. The molecule has 4 rings (SSSR count). The molecule has 0 fully saturated rings. The molecule has 0 amide bonds. The summed E-state index contributed by atoms with van der Waals surface area (Å²) in [7, 11) is 1.70. The third kappa shape index (κ3) is 3.08. The average molecular weight is 404 g/mol. The Kier molecular flexibility index (Phi) is 3.40. The van der Waals surface area contributed by atoms with E-state index in [0.717, 1.165) is 21.9 Å². The Labute approximate surface area is 187 Å². The zero-order valence-corrected chi connectivity index (χ0v) is 18.2. The van der Waals surface area contributed by atoms with Gasteiger partial charge in [-0.15, -0.1) is 0 Å². The standard InChI is InChI=1S/C27H29N2O/c1-15(2)11-20-13-24(29(8)19(6)18(20)5)26-16(3)9-10-21-22-12-17(4)23(28-7)14-25(22)30-27(21)26/h9-10,12-15H,11H2,1-6,8H3/q+1/i5D3,11D2,13D. The van der Waals surface area contributed by atoms with Gasteiger partial charge in [0.15, 0.2) is 11.4 Å². The van der Waals surface area contributed by atoms with Gasteiger partial charge in [0, 0.05) is 36.2 Å². The van der Waals surface area contributed by atoms with Crippen LogP contribution in [0, 0.1) is 40.1 Å². The van der Waals surface area contributed by atoms with Crippen molar-refractivity contribution in [2.75, 3.05) is 0 Å². The quantitative estimate of drug-likeness (QED) is 0.265. The fourth-order valence-corrected chi connectivity index (χ4v) is 3.90. The number of aromatic nitrogens is 1. The van der Waals surface area contributed by atoms with Gasteiger partial charge in [-0.1, -0.05) is 32.0 Å². The molecule has 30 heavy (non-hydrogen) atoms. The molecule has 2 aromatic heterocycles. The van der Waals surface area contributed by atoms with Crippen LogP contribution in [-0.4, -0.2) is 0 Å². The van der Waals surface area contributed by atoms with E-state index >= 15 is 0 Å². The first-order valence-corrected chi connectivity index (χ1v) is 10.0. The van der Waals surface area contributed by atoms with Gasteiger partial charge >= 0.3 is 0 Å². The van der Waals surface area contributed by atoms with Crippen molar-refractivity contribution in [1.82, 2.24) is 0 Å². The highest BCUT2D eigenvalue weighted by atomic mass is 16.3. The van der Waals surface area contributed by atoms with E-state index in [9.17, 15) is 1.37 Å². The van der Waals surface area contributed by atoms with Crippen molar-refractivity contribution in [3.05, 3.63) is 69.7 Å². The summed E-state index contributed by atoms with van der Waals surface area (Å²) in [5.74, 6) is -0.555. The first-order valence-electron chi connectivity index (χ1n) is 13.0. The molecular weight excluding hydrogens is 368 g/mol. The van der Waals surface area contributed by atoms with Gasteiger partial charge in [-0.2, -0.15) is 4.57 Å². The van der Waals surface area contributed by atoms with E-state index < -0.39 is 19.1 Å². The lowest BCUT2D eigenvalue weighted by molar-refractivity contribution is -0.667. The molecule has 2 heterocycles. The SMILES string of the molecule is [2H]c1c(C([2H])([2H])C(C)C)c(C([2H])([2H])[2H])c(C)[n+](C)c1-c1c(C)ccc2c1oc1cc([N+]#[C-])c(C)cc12. The highest BCUT2D eigenvalue weighted by molar-refractivity contribution is 6.10. The second kappa shape index (κ2) is 7.29. The van der Waals surface area contributed by atoms with Crippen molar-refractivity contribution in [1.29, 1.82) is 0 Å². The predicted octanol–water partition coefficient (Wildman–Crippen LogP) is 7.06. The number of rotatable bonds is 3. The molecular formula is C27H29N2O+. The molecule has 0 saturated heterocycles. The third-order valence-electron chi connectivity index (χ3n) is 5.65. The van der Waals surface area contributed by atoms with Gasteiger partial charge in [-0.05, 0) is 55.7 Å². The van der Waals surface area contributed by atoms with E-state index in [1.54, 1.807) is 38.5 Å². The van der Waals surface area contributed by atoms with Crippen LogP contribution in [0.4, 0.5) is 5.69 Å². The molecule has 0 spiro atoms. The van der Waals surface area contributed by atoms with E-state index in [4.69, 9.17) is 17.8 Å². The maximum atomic E-state index is 9.20. The van der Waals surface area contributed by atoms with Crippen LogP contribution >= 0.6 is 0 Å². The lowest BCUT2D eigenvalue weighted by Crippen LogP contribution is -2.36. The maximum Gasteiger partial charge on any atom is 0.216 e. The van der Waals surface area contributed by atoms with Crippen LogP contribution in [0.15, 0.2) is 34.7 Å². The summed E-state index contributed by atoms with van der Waals surface area (Å²) in [5.41, 5.74) is 4.36. The molecule has 0 N–H and O–H groups in total. The zero-order chi connectivity index (χ0) is 26.9. The topological polar surface area (TPSA) is 21.4 Å². The molecule has 0 aliphatic carbocycles. The molecule has 0 atom stereocenters. The Morgan fingerprint density at radius 2 is 1.97 bits per heavy atom. The molecule has 0 aliphatic rings. The molecule has 0 bridgehead atoms.